The smallest absolute Gasteiger partial charge is 0.255 e. The van der Waals surface area contributed by atoms with E-state index in [9.17, 15) is 4.79 Å². The monoisotopic (exact) mass is 299 g/mol. The Bertz CT molecular complexity index is 420. The Kier molecular flexibility index (Phi) is 3.89. The van der Waals surface area contributed by atoms with Crippen LogP contribution >= 0.6 is 15.9 Å². The second-order valence-corrected chi connectivity index (χ2v) is 5.38. The van der Waals surface area contributed by atoms with Gasteiger partial charge in [-0.2, -0.15) is 0 Å². The van der Waals surface area contributed by atoms with Crippen molar-refractivity contribution in [3.63, 3.8) is 0 Å². The zero-order valence-electron chi connectivity index (χ0n) is 9.53. The van der Waals surface area contributed by atoms with Gasteiger partial charge in [-0.15, -0.1) is 0 Å². The fourth-order valence-electron chi connectivity index (χ4n) is 1.58. The summed E-state index contributed by atoms with van der Waals surface area (Å²) >= 11 is 3.38. The molecule has 0 saturated heterocycles. The van der Waals surface area contributed by atoms with Crippen LogP contribution < -0.4 is 14.8 Å². The summed E-state index contributed by atoms with van der Waals surface area (Å²) in [5.74, 6) is 1.04. The van der Waals surface area contributed by atoms with E-state index in [1.54, 1.807) is 18.2 Å². The maximum Gasteiger partial charge on any atom is 0.255 e. The Morgan fingerprint density at radius 3 is 3.00 bits per heavy atom. The molecule has 1 unspecified atom stereocenters. The van der Waals surface area contributed by atoms with Crippen LogP contribution in [0.25, 0.3) is 0 Å². The number of rotatable bonds is 3. The molecule has 1 aromatic rings. The standard InChI is InChI=1S/C12H14BrNO3/c1-8(13)7-14-12(15)9-3-2-4-10-11(9)17-6-5-16-10/h2-4,8H,5-7H2,1H3,(H,14,15). The summed E-state index contributed by atoms with van der Waals surface area (Å²) in [6.07, 6.45) is 0. The summed E-state index contributed by atoms with van der Waals surface area (Å²) in [7, 11) is 0. The van der Waals surface area contributed by atoms with Gasteiger partial charge in [0.15, 0.2) is 11.5 Å². The fourth-order valence-corrected chi connectivity index (χ4v) is 1.74. The lowest BCUT2D eigenvalue weighted by Gasteiger charge is -2.20. The number of ether oxygens (including phenoxy) is 2. The van der Waals surface area contributed by atoms with Crippen LogP contribution in [0.1, 0.15) is 17.3 Å². The highest BCUT2D eigenvalue weighted by atomic mass is 79.9. The van der Waals surface area contributed by atoms with E-state index in [2.05, 4.69) is 21.2 Å². The molecule has 0 bridgehead atoms. The van der Waals surface area contributed by atoms with E-state index in [-0.39, 0.29) is 10.7 Å². The van der Waals surface area contributed by atoms with Crippen LogP contribution in [0.4, 0.5) is 0 Å². The van der Waals surface area contributed by atoms with Gasteiger partial charge in [-0.25, -0.2) is 0 Å². The summed E-state index contributed by atoms with van der Waals surface area (Å²) in [6.45, 7) is 3.55. The highest BCUT2D eigenvalue weighted by Crippen LogP contribution is 2.33. The number of amides is 1. The lowest BCUT2D eigenvalue weighted by atomic mass is 10.1. The molecule has 1 aromatic carbocycles. The minimum Gasteiger partial charge on any atom is -0.486 e. The molecule has 0 aromatic heterocycles. The van der Waals surface area contributed by atoms with Gasteiger partial charge < -0.3 is 14.8 Å². The molecule has 4 nitrogen and oxygen atoms in total. The van der Waals surface area contributed by atoms with E-state index >= 15 is 0 Å². The van der Waals surface area contributed by atoms with Gasteiger partial charge in [-0.3, -0.25) is 4.79 Å². The summed E-state index contributed by atoms with van der Waals surface area (Å²) in [5, 5.41) is 2.83. The number of benzene rings is 1. The lowest BCUT2D eigenvalue weighted by molar-refractivity contribution is 0.0943. The lowest BCUT2D eigenvalue weighted by Crippen LogP contribution is -2.29. The molecule has 5 heteroatoms. The van der Waals surface area contributed by atoms with Gasteiger partial charge in [0, 0.05) is 11.4 Å². The van der Waals surface area contributed by atoms with Crippen molar-refractivity contribution in [1.82, 2.24) is 5.32 Å². The quantitative estimate of drug-likeness (QED) is 0.868. The molecular weight excluding hydrogens is 286 g/mol. The predicted molar refractivity (Wildman–Crippen MR) is 68.2 cm³/mol. The number of fused-ring (bicyclic) bond motifs is 1. The number of hydrogen-bond acceptors (Lipinski definition) is 3. The Balaban J connectivity index is 2.17. The van der Waals surface area contributed by atoms with Gasteiger partial charge in [0.25, 0.3) is 5.91 Å². The minimum atomic E-state index is -0.140. The first kappa shape index (κ1) is 12.2. The highest BCUT2D eigenvalue weighted by Gasteiger charge is 2.20. The number of carbonyl (C=O) groups is 1. The van der Waals surface area contributed by atoms with Crippen molar-refractivity contribution in [2.45, 2.75) is 11.8 Å². The molecule has 2 rings (SSSR count). The zero-order valence-corrected chi connectivity index (χ0v) is 11.1. The topological polar surface area (TPSA) is 47.6 Å². The van der Waals surface area contributed by atoms with Crippen molar-refractivity contribution in [2.24, 2.45) is 0 Å². The van der Waals surface area contributed by atoms with Gasteiger partial charge in [-0.05, 0) is 12.1 Å². The zero-order chi connectivity index (χ0) is 12.3. The molecule has 0 saturated carbocycles. The first-order valence-electron chi connectivity index (χ1n) is 5.49. The third kappa shape index (κ3) is 2.91. The number of carbonyl (C=O) groups excluding carboxylic acids is 1. The molecule has 0 fully saturated rings. The first-order chi connectivity index (χ1) is 8.18. The average Bonchev–Trinajstić information content (AvgIpc) is 2.35. The van der Waals surface area contributed by atoms with Crippen LogP contribution in [0.5, 0.6) is 11.5 Å². The van der Waals surface area contributed by atoms with E-state index in [0.717, 1.165) is 0 Å². The third-order valence-electron chi connectivity index (χ3n) is 2.35. The molecular formula is C12H14BrNO3. The van der Waals surface area contributed by atoms with Crippen LogP contribution in [0.3, 0.4) is 0 Å². The Morgan fingerprint density at radius 1 is 1.47 bits per heavy atom. The maximum absolute atomic E-state index is 12.0. The Hall–Kier alpha value is -1.23. The molecule has 0 aliphatic carbocycles. The highest BCUT2D eigenvalue weighted by molar-refractivity contribution is 9.09. The second-order valence-electron chi connectivity index (χ2n) is 3.82. The Morgan fingerprint density at radius 2 is 2.24 bits per heavy atom. The molecule has 92 valence electrons. The van der Waals surface area contributed by atoms with Crippen molar-refractivity contribution >= 4 is 21.8 Å². The van der Waals surface area contributed by atoms with Crippen molar-refractivity contribution in [1.29, 1.82) is 0 Å². The number of alkyl halides is 1. The van der Waals surface area contributed by atoms with Gasteiger partial charge in [-0.1, -0.05) is 28.9 Å². The Labute approximate surface area is 108 Å². The number of nitrogens with one attached hydrogen (secondary N) is 1. The molecule has 1 aliphatic heterocycles. The summed E-state index contributed by atoms with van der Waals surface area (Å²) in [5.41, 5.74) is 0.523. The van der Waals surface area contributed by atoms with Crippen LogP contribution in [0.15, 0.2) is 18.2 Å². The third-order valence-corrected chi connectivity index (χ3v) is 2.68. The molecule has 1 heterocycles. The van der Waals surface area contributed by atoms with Crippen molar-refractivity contribution < 1.29 is 14.3 Å². The summed E-state index contributed by atoms with van der Waals surface area (Å²) in [4.78, 5) is 12.2. The second kappa shape index (κ2) is 5.40. The number of hydrogen-bond donors (Lipinski definition) is 1. The van der Waals surface area contributed by atoms with E-state index in [1.165, 1.54) is 0 Å². The maximum atomic E-state index is 12.0. The largest absolute Gasteiger partial charge is 0.486 e. The van der Waals surface area contributed by atoms with Crippen molar-refractivity contribution in [3.8, 4) is 11.5 Å². The van der Waals surface area contributed by atoms with E-state index in [0.29, 0.717) is 36.8 Å². The first-order valence-corrected chi connectivity index (χ1v) is 6.41. The molecule has 0 radical (unpaired) electrons. The molecule has 0 spiro atoms. The molecule has 1 aliphatic rings. The molecule has 1 amide bonds. The molecule has 17 heavy (non-hydrogen) atoms. The van der Waals surface area contributed by atoms with E-state index < -0.39 is 0 Å². The van der Waals surface area contributed by atoms with E-state index in [4.69, 9.17) is 9.47 Å². The van der Waals surface area contributed by atoms with Gasteiger partial charge >= 0.3 is 0 Å². The van der Waals surface area contributed by atoms with Crippen LogP contribution in [0, 0.1) is 0 Å². The van der Waals surface area contributed by atoms with Crippen LogP contribution in [-0.4, -0.2) is 30.5 Å². The van der Waals surface area contributed by atoms with Gasteiger partial charge in [0.05, 0.1) is 5.56 Å². The summed E-state index contributed by atoms with van der Waals surface area (Å²) < 4.78 is 10.9. The van der Waals surface area contributed by atoms with Crippen LogP contribution in [0.2, 0.25) is 0 Å². The van der Waals surface area contributed by atoms with Crippen LogP contribution in [-0.2, 0) is 0 Å². The van der Waals surface area contributed by atoms with Gasteiger partial charge in [0.1, 0.15) is 13.2 Å². The average molecular weight is 300 g/mol. The summed E-state index contributed by atoms with van der Waals surface area (Å²) in [6, 6.07) is 5.33. The number of halogens is 1. The minimum absolute atomic E-state index is 0.140. The van der Waals surface area contributed by atoms with Crippen molar-refractivity contribution in [3.05, 3.63) is 23.8 Å². The number of para-hydroxylation sites is 1. The predicted octanol–water partition coefficient (Wildman–Crippen LogP) is 1.97. The fraction of sp³-hybridized carbons (Fsp3) is 0.417. The molecule has 1 atom stereocenters. The SMILES string of the molecule is CC(Br)CNC(=O)c1cccc2c1OCCO2. The normalized spacial score (nSPS) is 15.2. The molecule has 1 N–H and O–H groups in total. The van der Waals surface area contributed by atoms with Gasteiger partial charge in [0.2, 0.25) is 0 Å². The van der Waals surface area contributed by atoms with Crippen molar-refractivity contribution in [2.75, 3.05) is 19.8 Å². The van der Waals surface area contributed by atoms with E-state index in [1.807, 2.05) is 6.92 Å².